The van der Waals surface area contributed by atoms with E-state index in [9.17, 15) is 4.79 Å². The number of thioether (sulfide) groups is 1. The quantitative estimate of drug-likeness (QED) is 0.798. The van der Waals surface area contributed by atoms with Gasteiger partial charge >= 0.3 is 0 Å². The minimum atomic E-state index is -0.168. The second-order valence-corrected chi connectivity index (χ2v) is 5.77. The Morgan fingerprint density at radius 3 is 3.00 bits per heavy atom. The molecule has 2 N–H and O–H groups in total. The molecule has 0 aromatic heterocycles. The fourth-order valence-corrected chi connectivity index (χ4v) is 2.92. The molecule has 0 aliphatic heterocycles. The topological polar surface area (TPSA) is 49.3 Å². The van der Waals surface area contributed by atoms with Crippen LogP contribution < -0.4 is 5.32 Å². The van der Waals surface area contributed by atoms with Crippen molar-refractivity contribution in [1.29, 1.82) is 0 Å². The number of nitrogens with one attached hydrogen (secondary N) is 1. The molecule has 98 valence electrons. The van der Waals surface area contributed by atoms with Gasteiger partial charge in [-0.25, -0.2) is 0 Å². The third kappa shape index (κ3) is 3.50. The molecule has 1 aliphatic rings. The van der Waals surface area contributed by atoms with Crippen LogP contribution in [0, 0.1) is 0 Å². The average Bonchev–Trinajstić information content (AvgIpc) is 2.83. The summed E-state index contributed by atoms with van der Waals surface area (Å²) in [6.45, 7) is 1.77. The largest absolute Gasteiger partial charge is 0.394 e. The predicted molar refractivity (Wildman–Crippen MR) is 73.9 cm³/mol. The van der Waals surface area contributed by atoms with Crippen molar-refractivity contribution in [3.05, 3.63) is 29.3 Å². The van der Waals surface area contributed by atoms with E-state index < -0.39 is 0 Å². The molecule has 1 aliphatic carbocycles. The maximum atomic E-state index is 11.6. The van der Waals surface area contributed by atoms with Crippen LogP contribution in [0.3, 0.4) is 0 Å². The minimum absolute atomic E-state index is 0.0186. The number of aliphatic hydroxyl groups is 1. The normalized spacial score (nSPS) is 15.2. The van der Waals surface area contributed by atoms with E-state index in [4.69, 9.17) is 5.11 Å². The molecule has 18 heavy (non-hydrogen) atoms. The van der Waals surface area contributed by atoms with Gasteiger partial charge in [0.15, 0.2) is 0 Å². The van der Waals surface area contributed by atoms with Crippen LogP contribution >= 0.6 is 11.8 Å². The summed E-state index contributed by atoms with van der Waals surface area (Å²) in [5.74, 6) is 0.380. The van der Waals surface area contributed by atoms with Crippen LogP contribution in [0.4, 0.5) is 0 Å². The fourth-order valence-electron chi connectivity index (χ4n) is 2.15. The maximum absolute atomic E-state index is 11.6. The van der Waals surface area contributed by atoms with E-state index in [0.717, 1.165) is 11.3 Å². The first-order valence-electron chi connectivity index (χ1n) is 6.34. The lowest BCUT2D eigenvalue weighted by atomic mass is 10.1. The standard InChI is InChI=1S/C14H19NO2S/c1-10(8-16)15-14(17)9-18-13-6-5-11-3-2-4-12(11)7-13/h5-7,10,16H,2-4,8-9H2,1H3,(H,15,17)/t10-/m0/s1. The number of amides is 1. The van der Waals surface area contributed by atoms with E-state index in [-0.39, 0.29) is 18.6 Å². The summed E-state index contributed by atoms with van der Waals surface area (Å²) in [5.41, 5.74) is 2.89. The van der Waals surface area contributed by atoms with Gasteiger partial charge in [0, 0.05) is 10.9 Å². The Morgan fingerprint density at radius 2 is 2.22 bits per heavy atom. The Morgan fingerprint density at radius 1 is 1.44 bits per heavy atom. The molecule has 1 atom stereocenters. The molecule has 1 amide bonds. The first-order chi connectivity index (χ1) is 8.69. The summed E-state index contributed by atoms with van der Waals surface area (Å²) in [6, 6.07) is 6.31. The smallest absolute Gasteiger partial charge is 0.230 e. The van der Waals surface area contributed by atoms with Crippen molar-refractivity contribution >= 4 is 17.7 Å². The highest BCUT2D eigenvalue weighted by molar-refractivity contribution is 8.00. The Bertz CT molecular complexity index is 434. The first kappa shape index (κ1) is 13.4. The van der Waals surface area contributed by atoms with E-state index in [1.54, 1.807) is 18.7 Å². The average molecular weight is 265 g/mol. The molecule has 0 bridgehead atoms. The van der Waals surface area contributed by atoms with Crippen molar-refractivity contribution in [2.24, 2.45) is 0 Å². The Hall–Kier alpha value is -1.00. The zero-order valence-corrected chi connectivity index (χ0v) is 11.4. The molecule has 0 fully saturated rings. The third-order valence-electron chi connectivity index (χ3n) is 3.12. The van der Waals surface area contributed by atoms with Crippen molar-refractivity contribution in [1.82, 2.24) is 5.32 Å². The van der Waals surface area contributed by atoms with Gasteiger partial charge in [-0.1, -0.05) is 6.07 Å². The van der Waals surface area contributed by atoms with Crippen molar-refractivity contribution in [3.8, 4) is 0 Å². The number of benzene rings is 1. The molecule has 0 saturated carbocycles. The Kier molecular flexibility index (Phi) is 4.66. The molecule has 1 aromatic rings. The van der Waals surface area contributed by atoms with Crippen molar-refractivity contribution in [2.45, 2.75) is 37.1 Å². The fraction of sp³-hybridized carbons (Fsp3) is 0.500. The number of rotatable bonds is 5. The van der Waals surface area contributed by atoms with Crippen LogP contribution in [0.25, 0.3) is 0 Å². The van der Waals surface area contributed by atoms with Gasteiger partial charge in [0.25, 0.3) is 0 Å². The van der Waals surface area contributed by atoms with Crippen LogP contribution in [0.1, 0.15) is 24.5 Å². The first-order valence-corrected chi connectivity index (χ1v) is 7.32. The highest BCUT2D eigenvalue weighted by Crippen LogP contribution is 2.27. The molecule has 2 rings (SSSR count). The van der Waals surface area contributed by atoms with E-state index in [0.29, 0.717) is 5.75 Å². The van der Waals surface area contributed by atoms with E-state index in [1.807, 2.05) is 0 Å². The highest BCUT2D eigenvalue weighted by Gasteiger charge is 2.12. The SMILES string of the molecule is C[C@@H](CO)NC(=O)CSc1ccc2c(c1)CCC2. The van der Waals surface area contributed by atoms with Gasteiger partial charge in [0.2, 0.25) is 5.91 Å². The number of hydrogen-bond donors (Lipinski definition) is 2. The van der Waals surface area contributed by atoms with E-state index >= 15 is 0 Å². The lowest BCUT2D eigenvalue weighted by molar-refractivity contribution is -0.119. The van der Waals surface area contributed by atoms with Gasteiger partial charge in [-0.3, -0.25) is 4.79 Å². The van der Waals surface area contributed by atoms with Crippen molar-refractivity contribution in [2.75, 3.05) is 12.4 Å². The van der Waals surface area contributed by atoms with Gasteiger partial charge in [-0.05, 0) is 49.4 Å². The molecule has 3 nitrogen and oxygen atoms in total. The monoisotopic (exact) mass is 265 g/mol. The van der Waals surface area contributed by atoms with Gasteiger partial charge in [-0.15, -0.1) is 11.8 Å². The Balaban J connectivity index is 1.85. The molecule has 0 heterocycles. The lowest BCUT2D eigenvalue weighted by Gasteiger charge is -2.10. The minimum Gasteiger partial charge on any atom is -0.394 e. The molecular weight excluding hydrogens is 246 g/mol. The third-order valence-corrected chi connectivity index (χ3v) is 4.11. The molecule has 0 saturated heterocycles. The Labute approximate surface area is 112 Å². The van der Waals surface area contributed by atoms with Crippen LogP contribution in [0.5, 0.6) is 0 Å². The number of aliphatic hydroxyl groups excluding tert-OH is 1. The van der Waals surface area contributed by atoms with E-state index in [1.165, 1.54) is 24.0 Å². The predicted octanol–water partition coefficient (Wildman–Crippen LogP) is 1.76. The summed E-state index contributed by atoms with van der Waals surface area (Å²) in [4.78, 5) is 12.7. The maximum Gasteiger partial charge on any atom is 0.230 e. The summed E-state index contributed by atoms with van der Waals surface area (Å²) in [7, 11) is 0. The molecule has 0 spiro atoms. The van der Waals surface area contributed by atoms with Crippen LogP contribution in [0.15, 0.2) is 23.1 Å². The van der Waals surface area contributed by atoms with Gasteiger partial charge in [0.05, 0.1) is 12.4 Å². The van der Waals surface area contributed by atoms with Crippen molar-refractivity contribution in [3.63, 3.8) is 0 Å². The summed E-state index contributed by atoms with van der Waals surface area (Å²) in [5, 5.41) is 11.6. The van der Waals surface area contributed by atoms with Crippen LogP contribution in [-0.2, 0) is 17.6 Å². The number of aryl methyl sites for hydroxylation is 2. The molecule has 4 heteroatoms. The molecule has 0 radical (unpaired) electrons. The summed E-state index contributed by atoms with van der Waals surface area (Å²) in [6.07, 6.45) is 3.60. The van der Waals surface area contributed by atoms with Crippen LogP contribution in [-0.4, -0.2) is 29.4 Å². The zero-order chi connectivity index (χ0) is 13.0. The van der Waals surface area contributed by atoms with Crippen molar-refractivity contribution < 1.29 is 9.90 Å². The lowest BCUT2D eigenvalue weighted by Crippen LogP contribution is -2.36. The number of carbonyl (C=O) groups excluding carboxylic acids is 1. The summed E-state index contributed by atoms with van der Waals surface area (Å²) >= 11 is 1.55. The molecule has 1 aromatic carbocycles. The van der Waals surface area contributed by atoms with E-state index in [2.05, 4.69) is 23.5 Å². The molecule has 0 unspecified atom stereocenters. The number of carbonyl (C=O) groups is 1. The number of fused-ring (bicyclic) bond motifs is 1. The number of hydrogen-bond acceptors (Lipinski definition) is 3. The summed E-state index contributed by atoms with van der Waals surface area (Å²) < 4.78 is 0. The zero-order valence-electron chi connectivity index (χ0n) is 10.6. The van der Waals surface area contributed by atoms with Gasteiger partial charge in [-0.2, -0.15) is 0 Å². The van der Waals surface area contributed by atoms with Gasteiger partial charge in [0.1, 0.15) is 0 Å². The van der Waals surface area contributed by atoms with Gasteiger partial charge < -0.3 is 10.4 Å². The van der Waals surface area contributed by atoms with Crippen LogP contribution in [0.2, 0.25) is 0 Å². The second-order valence-electron chi connectivity index (χ2n) is 4.72. The highest BCUT2D eigenvalue weighted by atomic mass is 32.2. The second kappa shape index (κ2) is 6.25. The molecular formula is C14H19NO2S.